The highest BCUT2D eigenvalue weighted by Crippen LogP contribution is 2.30. The zero-order valence-electron chi connectivity index (χ0n) is 15.1. The van der Waals surface area contributed by atoms with Gasteiger partial charge >= 0.3 is 6.18 Å². The van der Waals surface area contributed by atoms with E-state index in [2.05, 4.69) is 5.32 Å². The van der Waals surface area contributed by atoms with E-state index in [-0.39, 0.29) is 31.3 Å². The van der Waals surface area contributed by atoms with E-state index in [1.165, 1.54) is 12.1 Å². The first-order chi connectivity index (χ1) is 13.3. The Morgan fingerprint density at radius 1 is 1.21 bits per heavy atom. The van der Waals surface area contributed by atoms with E-state index in [1.54, 1.807) is 16.7 Å². The summed E-state index contributed by atoms with van der Waals surface area (Å²) < 4.78 is 38.3. The first kappa shape index (κ1) is 20.3. The van der Waals surface area contributed by atoms with Gasteiger partial charge in [0, 0.05) is 30.1 Å². The first-order valence-corrected chi connectivity index (χ1v) is 9.88. The van der Waals surface area contributed by atoms with Crippen molar-refractivity contribution in [3.05, 3.63) is 59.7 Å². The van der Waals surface area contributed by atoms with E-state index < -0.39 is 17.7 Å². The van der Waals surface area contributed by atoms with Crippen molar-refractivity contribution in [2.24, 2.45) is 5.92 Å². The zero-order valence-corrected chi connectivity index (χ0v) is 15.9. The van der Waals surface area contributed by atoms with Gasteiger partial charge in [0.2, 0.25) is 11.8 Å². The summed E-state index contributed by atoms with van der Waals surface area (Å²) in [5, 5.41) is 2.65. The highest BCUT2D eigenvalue weighted by atomic mass is 32.2. The number of nitrogens with one attached hydrogen (secondary N) is 1. The molecule has 0 aromatic heterocycles. The van der Waals surface area contributed by atoms with E-state index in [4.69, 9.17) is 0 Å². The molecule has 1 heterocycles. The largest absolute Gasteiger partial charge is 0.416 e. The molecule has 1 N–H and O–H groups in total. The van der Waals surface area contributed by atoms with Crippen molar-refractivity contribution in [1.29, 1.82) is 0 Å². The van der Waals surface area contributed by atoms with Crippen LogP contribution in [-0.4, -0.2) is 24.6 Å². The molecule has 1 aliphatic heterocycles. The molecule has 1 unspecified atom stereocenters. The molecule has 2 amide bonds. The van der Waals surface area contributed by atoms with Crippen molar-refractivity contribution in [1.82, 2.24) is 5.32 Å². The highest BCUT2D eigenvalue weighted by Gasteiger charge is 2.35. The minimum Gasteiger partial charge on any atom is -0.352 e. The van der Waals surface area contributed by atoms with Gasteiger partial charge in [0.05, 0.1) is 11.5 Å². The summed E-state index contributed by atoms with van der Waals surface area (Å²) in [7, 11) is 0. The van der Waals surface area contributed by atoms with E-state index in [0.717, 1.165) is 22.7 Å². The number of amides is 2. The second kappa shape index (κ2) is 8.26. The maximum absolute atomic E-state index is 12.8. The van der Waals surface area contributed by atoms with Gasteiger partial charge in [-0.25, -0.2) is 0 Å². The maximum Gasteiger partial charge on any atom is 0.416 e. The molecule has 1 aliphatic rings. The summed E-state index contributed by atoms with van der Waals surface area (Å²) in [6.45, 7) is 0.237. The molecule has 2 aromatic carbocycles. The Hall–Kier alpha value is -2.48. The van der Waals surface area contributed by atoms with Crippen LogP contribution in [0.2, 0.25) is 0 Å². The molecule has 0 saturated carbocycles. The van der Waals surface area contributed by atoms with Crippen LogP contribution in [0.5, 0.6) is 0 Å². The number of alkyl halides is 3. The van der Waals surface area contributed by atoms with Crippen LogP contribution in [-0.2, 0) is 22.3 Å². The molecule has 3 rings (SSSR count). The van der Waals surface area contributed by atoms with Crippen molar-refractivity contribution in [3.8, 4) is 0 Å². The Kier molecular flexibility index (Phi) is 5.98. The van der Waals surface area contributed by atoms with Gasteiger partial charge in [-0.1, -0.05) is 18.2 Å². The minimum absolute atomic E-state index is 0.0184. The molecule has 1 atom stereocenters. The molecule has 28 heavy (non-hydrogen) atoms. The third kappa shape index (κ3) is 4.67. The van der Waals surface area contributed by atoms with Crippen LogP contribution >= 0.6 is 11.8 Å². The van der Waals surface area contributed by atoms with Crippen LogP contribution in [0.15, 0.2) is 53.4 Å². The van der Waals surface area contributed by atoms with Gasteiger partial charge in [0.1, 0.15) is 0 Å². The van der Waals surface area contributed by atoms with Gasteiger partial charge in [-0.05, 0) is 42.2 Å². The maximum atomic E-state index is 12.8. The third-order valence-electron chi connectivity index (χ3n) is 4.58. The number of benzene rings is 2. The van der Waals surface area contributed by atoms with Crippen molar-refractivity contribution in [2.45, 2.75) is 24.0 Å². The standard InChI is InChI=1S/C20H19F3N2O2S/c1-28-17-7-3-6-16(10-17)25-12-14(9-18(25)26)19(27)24-11-13-4-2-5-15(8-13)20(21,22)23/h2-8,10,14H,9,11-12H2,1H3,(H,24,27). The first-order valence-electron chi connectivity index (χ1n) is 8.66. The van der Waals surface area contributed by atoms with Gasteiger partial charge in [-0.15, -0.1) is 11.8 Å². The SMILES string of the molecule is CSc1cccc(N2CC(C(=O)NCc3cccc(C(F)(F)F)c3)CC2=O)c1. The number of carbonyl (C=O) groups is 2. The lowest BCUT2D eigenvalue weighted by Gasteiger charge is -2.17. The summed E-state index contributed by atoms with van der Waals surface area (Å²) in [5.41, 5.74) is 0.345. The number of rotatable bonds is 5. The Bertz CT molecular complexity index is 886. The number of hydrogen-bond acceptors (Lipinski definition) is 3. The van der Waals surface area contributed by atoms with Gasteiger partial charge in [-0.2, -0.15) is 13.2 Å². The Morgan fingerprint density at radius 3 is 2.68 bits per heavy atom. The lowest BCUT2D eigenvalue weighted by molar-refractivity contribution is -0.137. The number of carbonyl (C=O) groups excluding carboxylic acids is 2. The molecule has 148 valence electrons. The van der Waals surface area contributed by atoms with Crippen LogP contribution in [0.4, 0.5) is 18.9 Å². The number of anilines is 1. The molecule has 4 nitrogen and oxygen atoms in total. The second-order valence-electron chi connectivity index (χ2n) is 6.52. The molecule has 1 saturated heterocycles. The number of thioether (sulfide) groups is 1. The highest BCUT2D eigenvalue weighted by molar-refractivity contribution is 7.98. The van der Waals surface area contributed by atoms with E-state index >= 15 is 0 Å². The molecule has 1 fully saturated rings. The van der Waals surface area contributed by atoms with Crippen molar-refractivity contribution < 1.29 is 22.8 Å². The van der Waals surface area contributed by atoms with Crippen LogP contribution in [0, 0.1) is 5.92 Å². The molecule has 2 aromatic rings. The molecule has 0 aliphatic carbocycles. The lowest BCUT2D eigenvalue weighted by atomic mass is 10.1. The number of hydrogen-bond donors (Lipinski definition) is 1. The summed E-state index contributed by atoms with van der Waals surface area (Å²) in [6.07, 6.45) is -2.41. The molecule has 8 heteroatoms. The monoisotopic (exact) mass is 408 g/mol. The quantitative estimate of drug-likeness (QED) is 0.758. The average molecular weight is 408 g/mol. The van der Waals surface area contributed by atoms with Gasteiger partial charge < -0.3 is 10.2 Å². The zero-order chi connectivity index (χ0) is 20.3. The lowest BCUT2D eigenvalue weighted by Crippen LogP contribution is -2.32. The fraction of sp³-hybridized carbons (Fsp3) is 0.300. The van der Waals surface area contributed by atoms with E-state index in [1.807, 2.05) is 30.5 Å². The Balaban J connectivity index is 1.62. The van der Waals surface area contributed by atoms with Gasteiger partial charge in [0.15, 0.2) is 0 Å². The summed E-state index contributed by atoms with van der Waals surface area (Å²) in [5.74, 6) is -1.01. The van der Waals surface area contributed by atoms with Crippen molar-refractivity contribution >= 4 is 29.3 Å². The number of halogens is 3. The van der Waals surface area contributed by atoms with E-state index in [9.17, 15) is 22.8 Å². The predicted octanol–water partition coefficient (Wildman–Crippen LogP) is 4.10. The van der Waals surface area contributed by atoms with E-state index in [0.29, 0.717) is 5.56 Å². The van der Waals surface area contributed by atoms with Crippen molar-refractivity contribution in [3.63, 3.8) is 0 Å². The summed E-state index contributed by atoms with van der Waals surface area (Å²) in [4.78, 5) is 27.4. The topological polar surface area (TPSA) is 49.4 Å². The van der Waals surface area contributed by atoms with Crippen LogP contribution in [0.25, 0.3) is 0 Å². The van der Waals surface area contributed by atoms with Crippen molar-refractivity contribution in [2.75, 3.05) is 17.7 Å². The summed E-state index contributed by atoms with van der Waals surface area (Å²) >= 11 is 1.56. The average Bonchev–Trinajstić information content (AvgIpc) is 3.07. The Labute approximate surface area is 165 Å². The smallest absolute Gasteiger partial charge is 0.352 e. The Morgan fingerprint density at radius 2 is 1.96 bits per heavy atom. The molecular weight excluding hydrogens is 389 g/mol. The van der Waals surface area contributed by atoms with Crippen LogP contribution in [0.1, 0.15) is 17.5 Å². The van der Waals surface area contributed by atoms with Crippen LogP contribution < -0.4 is 10.2 Å². The molecular formula is C20H19F3N2O2S. The van der Waals surface area contributed by atoms with Gasteiger partial charge in [0.25, 0.3) is 0 Å². The second-order valence-corrected chi connectivity index (χ2v) is 7.40. The normalized spacial score (nSPS) is 17.1. The van der Waals surface area contributed by atoms with Gasteiger partial charge in [-0.3, -0.25) is 9.59 Å². The fourth-order valence-electron chi connectivity index (χ4n) is 3.10. The molecule has 0 spiro atoms. The number of nitrogens with zero attached hydrogens (tertiary/aromatic N) is 1. The van der Waals surface area contributed by atoms with Crippen LogP contribution in [0.3, 0.4) is 0 Å². The molecule has 0 radical (unpaired) electrons. The predicted molar refractivity (Wildman–Crippen MR) is 102 cm³/mol. The molecule has 0 bridgehead atoms. The summed E-state index contributed by atoms with van der Waals surface area (Å²) in [6, 6.07) is 12.3. The third-order valence-corrected chi connectivity index (χ3v) is 5.31. The minimum atomic E-state index is -4.43. The fourth-order valence-corrected chi connectivity index (χ4v) is 3.56.